The number of aliphatic carboxylic acids is 2. The molecule has 21 nitrogen and oxygen atoms in total. The molecule has 0 fully saturated rings. The zero-order valence-electron chi connectivity index (χ0n) is 26.4. The van der Waals surface area contributed by atoms with Gasteiger partial charge in [-0.3, -0.25) is 38.4 Å². The molecule has 0 rings (SSSR count). The number of amides is 7. The monoisotopic (exact) mass is 677 g/mol. The quantitative estimate of drug-likeness (QED) is 0.0570. The maximum absolute atomic E-state index is 12.8. The lowest BCUT2D eigenvalue weighted by Crippen LogP contribution is -2.59. The SMILES string of the molecule is CC(=O)N[C@@H](CO)C(=O)N[C@@H](CCC(=O)O)C(=O)N[C@@H](C)C(=O)N[C@@H](C)C(=O)N[C@@H](C)C(=O)N[C@@H](CO)C(=O)N[C@H](C(=O)O)[C@@H](C)O. The Kier molecular flexibility index (Phi) is 18.2. The van der Waals surface area contributed by atoms with E-state index in [9.17, 15) is 58.5 Å². The van der Waals surface area contributed by atoms with Crippen molar-refractivity contribution in [2.45, 2.75) is 95.9 Å². The molecule has 266 valence electrons. The lowest BCUT2D eigenvalue weighted by atomic mass is 10.1. The molecule has 7 amide bonds. The fourth-order valence-electron chi connectivity index (χ4n) is 3.57. The maximum Gasteiger partial charge on any atom is 0.328 e. The van der Waals surface area contributed by atoms with Gasteiger partial charge in [0.1, 0.15) is 36.3 Å². The smallest absolute Gasteiger partial charge is 0.328 e. The van der Waals surface area contributed by atoms with E-state index in [1.165, 1.54) is 20.8 Å². The molecule has 0 aromatic rings. The molecule has 21 heteroatoms. The molecular weight excluding hydrogens is 634 g/mol. The van der Waals surface area contributed by atoms with Crippen molar-refractivity contribution < 1.29 is 68.7 Å². The minimum absolute atomic E-state index is 0.419. The highest BCUT2D eigenvalue weighted by Crippen LogP contribution is 2.02. The van der Waals surface area contributed by atoms with Crippen molar-refractivity contribution in [3.63, 3.8) is 0 Å². The summed E-state index contributed by atoms with van der Waals surface area (Å²) in [6.07, 6.45) is -2.49. The predicted octanol–water partition coefficient (Wildman–Crippen LogP) is -6.23. The molecule has 0 saturated heterocycles. The third-order valence-corrected chi connectivity index (χ3v) is 6.27. The Morgan fingerprint density at radius 3 is 1.28 bits per heavy atom. The number of carboxylic acid groups (broad SMARTS) is 2. The molecule has 0 aliphatic heterocycles. The summed E-state index contributed by atoms with van der Waals surface area (Å²) in [5.41, 5.74) is 0. The summed E-state index contributed by atoms with van der Waals surface area (Å²) < 4.78 is 0. The van der Waals surface area contributed by atoms with E-state index in [0.717, 1.165) is 13.8 Å². The van der Waals surface area contributed by atoms with Crippen LogP contribution in [-0.2, 0) is 43.2 Å². The van der Waals surface area contributed by atoms with E-state index in [2.05, 4.69) is 31.9 Å². The Bertz CT molecular complexity index is 1180. The first-order valence-corrected chi connectivity index (χ1v) is 14.2. The minimum atomic E-state index is -1.73. The number of carboxylic acids is 2. The number of carbonyl (C=O) groups is 9. The van der Waals surface area contributed by atoms with Gasteiger partial charge in [0.05, 0.1) is 19.3 Å². The third kappa shape index (κ3) is 15.3. The summed E-state index contributed by atoms with van der Waals surface area (Å²) in [5.74, 6) is -9.43. The normalized spacial score (nSPS) is 15.8. The molecule has 0 aliphatic carbocycles. The van der Waals surface area contributed by atoms with Crippen LogP contribution in [0.3, 0.4) is 0 Å². The van der Waals surface area contributed by atoms with Crippen molar-refractivity contribution in [3.8, 4) is 0 Å². The summed E-state index contributed by atoms with van der Waals surface area (Å²) in [5, 5.41) is 61.6. The van der Waals surface area contributed by atoms with Gasteiger partial charge in [0.15, 0.2) is 6.04 Å². The molecule has 47 heavy (non-hydrogen) atoms. The standard InChI is InChI=1S/C26H43N7O14/c1-10(20(40)28-12(3)22(42)32-17(9-35)25(45)33-19(13(4)36)26(46)47)27-21(41)11(2)29-23(43)15(6-7-18(38)39)31-24(44)16(8-34)30-14(5)37/h10-13,15-17,19,34-36H,6-9H2,1-5H3,(H,27,41)(H,28,40)(H,29,43)(H,30,37)(H,31,44)(H,32,42)(H,33,45)(H,38,39)(H,46,47)/t10-,11-,12-,13+,15-,16-,17-,19-/m0/s1. The molecule has 0 unspecified atom stereocenters. The second-order valence-corrected chi connectivity index (χ2v) is 10.4. The zero-order valence-corrected chi connectivity index (χ0v) is 26.4. The molecule has 0 radical (unpaired) electrons. The van der Waals surface area contributed by atoms with E-state index in [-0.39, 0.29) is 0 Å². The van der Waals surface area contributed by atoms with Gasteiger partial charge in [-0.15, -0.1) is 0 Å². The van der Waals surface area contributed by atoms with Crippen LogP contribution in [0.1, 0.15) is 47.5 Å². The highest BCUT2D eigenvalue weighted by molar-refractivity contribution is 5.97. The van der Waals surface area contributed by atoms with Crippen LogP contribution in [0.2, 0.25) is 0 Å². The highest BCUT2D eigenvalue weighted by atomic mass is 16.4. The van der Waals surface area contributed by atoms with Gasteiger partial charge in [-0.25, -0.2) is 4.79 Å². The van der Waals surface area contributed by atoms with Crippen LogP contribution in [0, 0.1) is 0 Å². The summed E-state index contributed by atoms with van der Waals surface area (Å²) >= 11 is 0. The van der Waals surface area contributed by atoms with Crippen molar-refractivity contribution in [2.24, 2.45) is 0 Å². The average molecular weight is 678 g/mol. The van der Waals surface area contributed by atoms with Crippen LogP contribution in [0.4, 0.5) is 0 Å². The predicted molar refractivity (Wildman–Crippen MR) is 157 cm³/mol. The van der Waals surface area contributed by atoms with E-state index < -0.39 is 128 Å². The molecule has 0 bridgehead atoms. The van der Waals surface area contributed by atoms with Gasteiger partial charge in [0.25, 0.3) is 0 Å². The van der Waals surface area contributed by atoms with Gasteiger partial charge in [-0.05, 0) is 34.1 Å². The maximum atomic E-state index is 12.8. The van der Waals surface area contributed by atoms with Crippen LogP contribution in [0.5, 0.6) is 0 Å². The van der Waals surface area contributed by atoms with Crippen LogP contribution < -0.4 is 37.2 Å². The minimum Gasteiger partial charge on any atom is -0.481 e. The van der Waals surface area contributed by atoms with E-state index in [1.807, 2.05) is 5.32 Å². The first kappa shape index (κ1) is 42.1. The Labute approximate surface area is 268 Å². The topological polar surface area (TPSA) is 339 Å². The first-order chi connectivity index (χ1) is 21.7. The fourth-order valence-corrected chi connectivity index (χ4v) is 3.57. The van der Waals surface area contributed by atoms with Crippen molar-refractivity contribution in [1.29, 1.82) is 0 Å². The molecule has 0 aromatic carbocycles. The molecule has 12 N–H and O–H groups in total. The lowest BCUT2D eigenvalue weighted by Gasteiger charge is -2.24. The molecule has 0 heterocycles. The molecule has 0 aromatic heterocycles. The summed E-state index contributed by atoms with van der Waals surface area (Å²) in [6, 6.07) is -10.3. The number of rotatable bonds is 20. The zero-order chi connectivity index (χ0) is 36.6. The van der Waals surface area contributed by atoms with Gasteiger partial charge < -0.3 is 62.8 Å². The number of nitrogens with one attached hydrogen (secondary N) is 7. The van der Waals surface area contributed by atoms with Crippen molar-refractivity contribution >= 4 is 53.3 Å². The van der Waals surface area contributed by atoms with E-state index in [1.54, 1.807) is 0 Å². The third-order valence-electron chi connectivity index (χ3n) is 6.27. The van der Waals surface area contributed by atoms with Gasteiger partial charge in [-0.1, -0.05) is 0 Å². The first-order valence-electron chi connectivity index (χ1n) is 14.2. The molecular formula is C26H43N7O14. The number of carbonyl (C=O) groups excluding carboxylic acids is 7. The van der Waals surface area contributed by atoms with Gasteiger partial charge >= 0.3 is 11.9 Å². The number of aliphatic hydroxyl groups excluding tert-OH is 3. The largest absolute Gasteiger partial charge is 0.481 e. The molecule has 0 spiro atoms. The van der Waals surface area contributed by atoms with E-state index in [0.29, 0.717) is 0 Å². The number of hydrogen-bond donors (Lipinski definition) is 12. The Morgan fingerprint density at radius 2 is 0.894 bits per heavy atom. The Hall–Kier alpha value is -4.89. The summed E-state index contributed by atoms with van der Waals surface area (Å²) in [7, 11) is 0. The van der Waals surface area contributed by atoms with Crippen LogP contribution in [0.25, 0.3) is 0 Å². The average Bonchev–Trinajstić information content (AvgIpc) is 2.97. The second-order valence-electron chi connectivity index (χ2n) is 10.4. The van der Waals surface area contributed by atoms with E-state index in [4.69, 9.17) is 10.2 Å². The highest BCUT2D eigenvalue weighted by Gasteiger charge is 2.32. The molecule has 8 atom stereocenters. The second kappa shape index (κ2) is 20.3. The van der Waals surface area contributed by atoms with Crippen LogP contribution in [-0.4, -0.2) is 140 Å². The van der Waals surface area contributed by atoms with E-state index >= 15 is 0 Å². The van der Waals surface area contributed by atoms with Crippen LogP contribution in [0.15, 0.2) is 0 Å². The summed E-state index contributed by atoms with van der Waals surface area (Å²) in [6.45, 7) is 4.03. The molecule has 0 saturated carbocycles. The Morgan fingerprint density at radius 1 is 0.532 bits per heavy atom. The number of hydrogen-bond acceptors (Lipinski definition) is 12. The molecule has 0 aliphatic rings. The summed E-state index contributed by atoms with van der Waals surface area (Å²) in [4.78, 5) is 109. The van der Waals surface area contributed by atoms with Crippen molar-refractivity contribution in [3.05, 3.63) is 0 Å². The van der Waals surface area contributed by atoms with Gasteiger partial charge in [-0.2, -0.15) is 0 Å². The fraction of sp³-hybridized carbons (Fsp3) is 0.654. The number of aliphatic hydroxyl groups is 3. The van der Waals surface area contributed by atoms with Crippen molar-refractivity contribution in [2.75, 3.05) is 13.2 Å². The lowest BCUT2D eigenvalue weighted by molar-refractivity contribution is -0.145. The van der Waals surface area contributed by atoms with Crippen LogP contribution >= 0.6 is 0 Å². The Balaban J connectivity index is 5.25. The van der Waals surface area contributed by atoms with Crippen molar-refractivity contribution in [1.82, 2.24) is 37.2 Å². The van der Waals surface area contributed by atoms with Gasteiger partial charge in [0.2, 0.25) is 41.4 Å². The van der Waals surface area contributed by atoms with Gasteiger partial charge in [0, 0.05) is 13.3 Å².